The Balaban J connectivity index is 1.36. The van der Waals surface area contributed by atoms with E-state index in [4.69, 9.17) is 4.74 Å². The molecule has 0 spiro atoms. The van der Waals surface area contributed by atoms with Crippen molar-refractivity contribution < 1.29 is 9.13 Å². The van der Waals surface area contributed by atoms with E-state index in [9.17, 15) is 4.39 Å². The molecule has 0 aromatic heterocycles. The van der Waals surface area contributed by atoms with Gasteiger partial charge in [-0.1, -0.05) is 30.7 Å². The van der Waals surface area contributed by atoms with Crippen molar-refractivity contribution in [1.29, 1.82) is 0 Å². The van der Waals surface area contributed by atoms with Gasteiger partial charge in [0.05, 0.1) is 6.61 Å². The van der Waals surface area contributed by atoms with Crippen molar-refractivity contribution in [3.05, 3.63) is 70.5 Å². The molecule has 0 unspecified atom stereocenters. The van der Waals surface area contributed by atoms with Crippen LogP contribution in [0.25, 0.3) is 5.57 Å². The fraction of sp³-hybridized carbons (Fsp3) is 0.462. The lowest BCUT2D eigenvalue weighted by atomic mass is 9.86. The maximum atomic E-state index is 13.1. The Bertz CT molecular complexity index is 865. The maximum Gasteiger partial charge on any atom is 0.123 e. The lowest BCUT2D eigenvalue weighted by Crippen LogP contribution is -2.23. The molecule has 1 atom stereocenters. The number of hydrogen-bond donors (Lipinski definition) is 0. The summed E-state index contributed by atoms with van der Waals surface area (Å²) in [4.78, 5) is 2.60. The highest BCUT2D eigenvalue weighted by molar-refractivity contribution is 5.72. The molecule has 0 amide bonds. The van der Waals surface area contributed by atoms with Crippen LogP contribution in [0.15, 0.2) is 48.0 Å². The Morgan fingerprint density at radius 2 is 1.79 bits per heavy atom. The predicted octanol–water partition coefficient (Wildman–Crippen LogP) is 5.90. The quantitative estimate of drug-likeness (QED) is 0.581. The van der Waals surface area contributed by atoms with Crippen LogP contribution in [0.3, 0.4) is 0 Å². The molecule has 2 nitrogen and oxygen atoms in total. The van der Waals surface area contributed by atoms with Gasteiger partial charge in [-0.15, -0.1) is 0 Å². The Labute approximate surface area is 174 Å². The average Bonchev–Trinajstić information content (AvgIpc) is 3.23. The summed E-state index contributed by atoms with van der Waals surface area (Å²) in [6.45, 7) is 8.79. The van der Waals surface area contributed by atoms with Gasteiger partial charge in [0.2, 0.25) is 0 Å². The van der Waals surface area contributed by atoms with E-state index in [0.717, 1.165) is 30.7 Å². The van der Waals surface area contributed by atoms with Gasteiger partial charge in [-0.2, -0.15) is 0 Å². The number of nitrogens with zero attached hydrogens (tertiary/aromatic N) is 1. The van der Waals surface area contributed by atoms with Crippen LogP contribution < -0.4 is 4.74 Å². The highest BCUT2D eigenvalue weighted by Crippen LogP contribution is 2.34. The van der Waals surface area contributed by atoms with Gasteiger partial charge in [-0.05, 0) is 105 Å². The number of halogens is 1. The molecule has 4 rings (SSSR count). The smallest absolute Gasteiger partial charge is 0.123 e. The van der Waals surface area contributed by atoms with Crippen molar-refractivity contribution >= 4 is 5.57 Å². The summed E-state index contributed by atoms with van der Waals surface area (Å²) in [7, 11) is 0. The standard InChI is InChI=1S/C26H32FNO/c1-19(15-21-5-9-24(27)10-6-21)18-29-25-11-12-26-20(2)23(8-7-22(26)16-25)17-28-13-3-4-14-28/h5-6,9-12,16,19H,3-4,7-8,13-15,17-18H2,1-2H3/t19-/m1/s1. The Morgan fingerprint density at radius 1 is 1.03 bits per heavy atom. The largest absolute Gasteiger partial charge is 0.493 e. The minimum absolute atomic E-state index is 0.181. The van der Waals surface area contributed by atoms with Gasteiger partial charge in [-0.3, -0.25) is 4.90 Å². The van der Waals surface area contributed by atoms with E-state index in [2.05, 4.69) is 36.9 Å². The number of aryl methyl sites for hydroxylation is 1. The van der Waals surface area contributed by atoms with E-state index >= 15 is 0 Å². The van der Waals surface area contributed by atoms with Crippen molar-refractivity contribution in [2.45, 2.75) is 46.0 Å². The topological polar surface area (TPSA) is 12.5 Å². The first-order chi connectivity index (χ1) is 14.1. The molecule has 0 bridgehead atoms. The minimum atomic E-state index is -0.181. The van der Waals surface area contributed by atoms with Crippen LogP contribution in [0.4, 0.5) is 4.39 Å². The summed E-state index contributed by atoms with van der Waals surface area (Å²) in [6.07, 6.45) is 5.87. The number of hydrogen-bond acceptors (Lipinski definition) is 2. The molecule has 1 fully saturated rings. The molecule has 1 heterocycles. The van der Waals surface area contributed by atoms with E-state index in [-0.39, 0.29) is 5.82 Å². The fourth-order valence-corrected chi connectivity index (χ4v) is 4.62. The third-order valence-corrected chi connectivity index (χ3v) is 6.35. The van der Waals surface area contributed by atoms with Crippen LogP contribution in [-0.4, -0.2) is 31.1 Å². The van der Waals surface area contributed by atoms with Gasteiger partial charge in [-0.25, -0.2) is 4.39 Å². The Morgan fingerprint density at radius 3 is 2.55 bits per heavy atom. The zero-order chi connectivity index (χ0) is 20.2. The number of rotatable bonds is 7. The molecule has 0 N–H and O–H groups in total. The summed E-state index contributed by atoms with van der Waals surface area (Å²) in [5, 5.41) is 0. The third-order valence-electron chi connectivity index (χ3n) is 6.35. The monoisotopic (exact) mass is 393 g/mol. The van der Waals surface area contributed by atoms with Gasteiger partial charge in [0.15, 0.2) is 0 Å². The van der Waals surface area contributed by atoms with Crippen LogP contribution in [0, 0.1) is 11.7 Å². The second kappa shape index (κ2) is 9.13. The van der Waals surface area contributed by atoms with Crippen molar-refractivity contribution in [3.63, 3.8) is 0 Å². The summed E-state index contributed by atoms with van der Waals surface area (Å²) < 4.78 is 19.2. The highest BCUT2D eigenvalue weighted by atomic mass is 19.1. The van der Waals surface area contributed by atoms with Crippen LogP contribution in [0.5, 0.6) is 5.75 Å². The first kappa shape index (κ1) is 20.2. The van der Waals surface area contributed by atoms with E-state index in [1.165, 1.54) is 61.2 Å². The molecule has 2 aromatic carbocycles. The maximum absolute atomic E-state index is 13.1. The van der Waals surface area contributed by atoms with Crippen molar-refractivity contribution in [1.82, 2.24) is 4.90 Å². The number of benzene rings is 2. The van der Waals surface area contributed by atoms with Crippen molar-refractivity contribution in [3.8, 4) is 5.75 Å². The van der Waals surface area contributed by atoms with Crippen LogP contribution in [-0.2, 0) is 12.8 Å². The van der Waals surface area contributed by atoms with E-state index in [1.807, 2.05) is 12.1 Å². The molecule has 1 aliphatic heterocycles. The molecular weight excluding hydrogens is 361 g/mol. The van der Waals surface area contributed by atoms with Crippen molar-refractivity contribution in [2.75, 3.05) is 26.2 Å². The highest BCUT2D eigenvalue weighted by Gasteiger charge is 2.20. The van der Waals surface area contributed by atoms with Gasteiger partial charge < -0.3 is 4.74 Å². The Kier molecular flexibility index (Phi) is 6.34. The fourth-order valence-electron chi connectivity index (χ4n) is 4.62. The van der Waals surface area contributed by atoms with Crippen LogP contribution >= 0.6 is 0 Å². The molecule has 0 saturated carbocycles. The lowest BCUT2D eigenvalue weighted by molar-refractivity contribution is 0.259. The summed E-state index contributed by atoms with van der Waals surface area (Å²) in [5.41, 5.74) is 7.04. The molecule has 154 valence electrons. The van der Waals surface area contributed by atoms with E-state index in [0.29, 0.717) is 12.5 Å². The van der Waals surface area contributed by atoms with Gasteiger partial charge >= 0.3 is 0 Å². The molecule has 2 aliphatic rings. The first-order valence-corrected chi connectivity index (χ1v) is 11.0. The normalized spacial score (nSPS) is 18.0. The summed E-state index contributed by atoms with van der Waals surface area (Å²) in [6, 6.07) is 13.4. The number of ether oxygens (including phenoxy) is 1. The van der Waals surface area contributed by atoms with Crippen LogP contribution in [0.2, 0.25) is 0 Å². The SMILES string of the molecule is CC1=C(CN2CCCC2)CCc2cc(OC[C@H](C)Cc3ccc(F)cc3)ccc21. The summed E-state index contributed by atoms with van der Waals surface area (Å²) >= 11 is 0. The van der Waals surface area contributed by atoms with Gasteiger partial charge in [0, 0.05) is 6.54 Å². The molecule has 29 heavy (non-hydrogen) atoms. The minimum Gasteiger partial charge on any atom is -0.493 e. The molecular formula is C26H32FNO. The zero-order valence-electron chi connectivity index (χ0n) is 17.7. The predicted molar refractivity (Wildman–Crippen MR) is 118 cm³/mol. The molecule has 2 aromatic rings. The molecule has 1 aliphatic carbocycles. The van der Waals surface area contributed by atoms with Gasteiger partial charge in [0.25, 0.3) is 0 Å². The summed E-state index contributed by atoms with van der Waals surface area (Å²) in [5.74, 6) is 1.16. The van der Waals surface area contributed by atoms with Gasteiger partial charge in [0.1, 0.15) is 11.6 Å². The number of likely N-dealkylation sites (tertiary alicyclic amines) is 1. The number of allylic oxidation sites excluding steroid dienone is 1. The average molecular weight is 394 g/mol. The number of fused-ring (bicyclic) bond motifs is 1. The molecule has 1 saturated heterocycles. The molecule has 3 heteroatoms. The van der Waals surface area contributed by atoms with Crippen LogP contribution in [0.1, 0.15) is 49.8 Å². The van der Waals surface area contributed by atoms with Crippen molar-refractivity contribution in [2.24, 2.45) is 5.92 Å². The molecule has 0 radical (unpaired) electrons. The third kappa shape index (κ3) is 5.08. The van der Waals surface area contributed by atoms with E-state index < -0.39 is 0 Å². The second-order valence-electron chi connectivity index (χ2n) is 8.78. The zero-order valence-corrected chi connectivity index (χ0v) is 17.7. The first-order valence-electron chi connectivity index (χ1n) is 11.0. The van der Waals surface area contributed by atoms with E-state index in [1.54, 1.807) is 5.57 Å². The lowest BCUT2D eigenvalue weighted by Gasteiger charge is -2.25. The second-order valence-corrected chi connectivity index (χ2v) is 8.78. The Hall–Kier alpha value is -2.13.